The Morgan fingerprint density at radius 2 is 2.18 bits per heavy atom. The highest BCUT2D eigenvalue weighted by Crippen LogP contribution is 2.34. The first-order valence-corrected chi connectivity index (χ1v) is 7.71. The Bertz CT molecular complexity index is 681. The van der Waals surface area contributed by atoms with Crippen LogP contribution in [0.1, 0.15) is 42.2 Å². The Balaban J connectivity index is 1.77. The highest BCUT2D eigenvalue weighted by molar-refractivity contribution is 5.97. The molecule has 0 spiro atoms. The van der Waals surface area contributed by atoms with Gasteiger partial charge in [0.25, 0.3) is 11.6 Å². The van der Waals surface area contributed by atoms with Crippen LogP contribution in [0.5, 0.6) is 0 Å². The van der Waals surface area contributed by atoms with Crippen molar-refractivity contribution in [2.45, 2.75) is 33.1 Å². The van der Waals surface area contributed by atoms with E-state index >= 15 is 0 Å². The van der Waals surface area contributed by atoms with Crippen molar-refractivity contribution in [3.8, 4) is 0 Å². The molecule has 0 bridgehead atoms. The first kappa shape index (κ1) is 15.0. The van der Waals surface area contributed by atoms with Crippen molar-refractivity contribution in [1.82, 2.24) is 15.0 Å². The summed E-state index contributed by atoms with van der Waals surface area (Å²) in [5.74, 6) is -0.0161. The number of aliphatic hydroxyl groups is 1. The maximum Gasteiger partial charge on any atom is 0.257 e. The molecule has 2 aromatic heterocycles. The van der Waals surface area contributed by atoms with Gasteiger partial charge in [-0.3, -0.25) is 4.79 Å². The molecule has 0 radical (unpaired) electrons. The van der Waals surface area contributed by atoms with E-state index in [-0.39, 0.29) is 17.9 Å². The average Bonchev–Trinajstić information content (AvgIpc) is 2.95. The van der Waals surface area contributed by atoms with Crippen LogP contribution in [0.25, 0.3) is 11.1 Å². The third-order valence-electron chi connectivity index (χ3n) is 4.95. The molecule has 0 aliphatic carbocycles. The quantitative estimate of drug-likeness (QED) is 0.940. The number of aliphatic hydroxyl groups excluding tert-OH is 1. The van der Waals surface area contributed by atoms with Crippen molar-refractivity contribution >= 4 is 17.0 Å². The van der Waals surface area contributed by atoms with Crippen molar-refractivity contribution in [2.24, 2.45) is 5.41 Å². The molecule has 3 heterocycles. The molecule has 22 heavy (non-hydrogen) atoms. The fourth-order valence-corrected chi connectivity index (χ4v) is 3.05. The number of hydrogen-bond acceptors (Lipinski definition) is 5. The number of fused-ring (bicyclic) bond motifs is 1. The maximum absolute atomic E-state index is 12.6. The molecule has 1 saturated heterocycles. The zero-order valence-corrected chi connectivity index (χ0v) is 13.0. The number of carbonyl (C=O) groups excluding carboxylic acids is 1. The molecule has 2 aromatic rings. The number of carbonyl (C=O) groups is 1. The summed E-state index contributed by atoms with van der Waals surface area (Å²) < 4.78 is 5.07. The summed E-state index contributed by atoms with van der Waals surface area (Å²) in [4.78, 5) is 18.6. The number of piperidine rings is 1. The topological polar surface area (TPSA) is 79.5 Å². The molecular weight excluding hydrogens is 282 g/mol. The molecule has 6 heteroatoms. The van der Waals surface area contributed by atoms with Gasteiger partial charge in [-0.05, 0) is 37.7 Å². The number of aromatic nitrogens is 2. The van der Waals surface area contributed by atoms with Crippen molar-refractivity contribution in [2.75, 3.05) is 19.7 Å². The molecule has 118 valence electrons. The van der Waals surface area contributed by atoms with Gasteiger partial charge in [-0.15, -0.1) is 0 Å². The lowest BCUT2D eigenvalue weighted by molar-refractivity contribution is 0.0338. The van der Waals surface area contributed by atoms with Crippen LogP contribution in [-0.2, 0) is 0 Å². The van der Waals surface area contributed by atoms with E-state index in [2.05, 4.69) is 17.1 Å². The summed E-state index contributed by atoms with van der Waals surface area (Å²) in [7, 11) is 0. The van der Waals surface area contributed by atoms with Gasteiger partial charge in [-0.2, -0.15) is 0 Å². The van der Waals surface area contributed by atoms with Crippen LogP contribution in [0, 0.1) is 12.3 Å². The Hall–Kier alpha value is -1.95. The molecule has 3 rings (SSSR count). The first-order chi connectivity index (χ1) is 10.6. The average molecular weight is 303 g/mol. The minimum absolute atomic E-state index is 0.0161. The predicted octanol–water partition coefficient (Wildman–Crippen LogP) is 2.16. The second-order valence-corrected chi connectivity index (χ2v) is 6.15. The standard InChI is InChI=1S/C16H21N3O3/c1-3-16(10-20)4-6-19(7-5-16)15(21)12-8-13-11(2)18-22-14(13)17-9-12/h8-9,20H,3-7,10H2,1-2H3. The van der Waals surface area contributed by atoms with E-state index in [1.807, 2.05) is 11.8 Å². The maximum atomic E-state index is 12.6. The minimum atomic E-state index is -0.0238. The third kappa shape index (κ3) is 2.47. The Morgan fingerprint density at radius 1 is 1.45 bits per heavy atom. The van der Waals surface area contributed by atoms with Gasteiger partial charge in [0, 0.05) is 25.9 Å². The minimum Gasteiger partial charge on any atom is -0.396 e. The number of likely N-dealkylation sites (tertiary alicyclic amines) is 1. The fraction of sp³-hybridized carbons (Fsp3) is 0.562. The lowest BCUT2D eigenvalue weighted by Crippen LogP contribution is -2.44. The molecule has 1 fully saturated rings. The Kier molecular flexibility index (Phi) is 3.87. The SMILES string of the molecule is CCC1(CO)CCN(C(=O)c2cnc3onc(C)c3c2)CC1. The van der Waals surface area contributed by atoms with Crippen LogP contribution in [0.15, 0.2) is 16.8 Å². The second-order valence-electron chi connectivity index (χ2n) is 6.15. The van der Waals surface area contributed by atoms with Crippen molar-refractivity contribution in [3.63, 3.8) is 0 Å². The Morgan fingerprint density at radius 3 is 2.82 bits per heavy atom. The van der Waals surface area contributed by atoms with E-state index in [1.54, 1.807) is 12.3 Å². The first-order valence-electron chi connectivity index (χ1n) is 7.71. The van der Waals surface area contributed by atoms with E-state index in [9.17, 15) is 9.90 Å². The van der Waals surface area contributed by atoms with Crippen LogP contribution in [0.4, 0.5) is 0 Å². The van der Waals surface area contributed by atoms with E-state index in [4.69, 9.17) is 4.52 Å². The van der Waals surface area contributed by atoms with Gasteiger partial charge in [-0.1, -0.05) is 12.1 Å². The van der Waals surface area contributed by atoms with Gasteiger partial charge in [0.05, 0.1) is 16.6 Å². The monoisotopic (exact) mass is 303 g/mol. The second kappa shape index (κ2) is 5.68. The van der Waals surface area contributed by atoms with E-state index in [1.165, 1.54) is 0 Å². The normalized spacial score (nSPS) is 17.9. The number of aryl methyl sites for hydroxylation is 1. The lowest BCUT2D eigenvalue weighted by Gasteiger charge is -2.40. The molecule has 6 nitrogen and oxygen atoms in total. The van der Waals surface area contributed by atoms with Gasteiger partial charge in [0.2, 0.25) is 0 Å². The van der Waals surface area contributed by atoms with Crippen LogP contribution >= 0.6 is 0 Å². The predicted molar refractivity (Wildman–Crippen MR) is 81.5 cm³/mol. The fourth-order valence-electron chi connectivity index (χ4n) is 3.05. The number of rotatable bonds is 3. The zero-order chi connectivity index (χ0) is 15.7. The molecule has 0 aromatic carbocycles. The van der Waals surface area contributed by atoms with E-state index in [0.717, 1.165) is 30.3 Å². The van der Waals surface area contributed by atoms with Gasteiger partial charge >= 0.3 is 0 Å². The van der Waals surface area contributed by atoms with E-state index < -0.39 is 0 Å². The smallest absolute Gasteiger partial charge is 0.257 e. The summed E-state index contributed by atoms with van der Waals surface area (Å²) in [5, 5.41) is 14.2. The molecule has 0 unspecified atom stereocenters. The van der Waals surface area contributed by atoms with Crippen LogP contribution < -0.4 is 0 Å². The summed E-state index contributed by atoms with van der Waals surface area (Å²) in [6.45, 7) is 5.47. The molecule has 0 atom stereocenters. The highest BCUT2D eigenvalue weighted by Gasteiger charge is 2.34. The lowest BCUT2D eigenvalue weighted by atomic mass is 9.77. The van der Waals surface area contributed by atoms with Crippen LogP contribution in [0.3, 0.4) is 0 Å². The number of hydrogen-bond donors (Lipinski definition) is 1. The summed E-state index contributed by atoms with van der Waals surface area (Å²) in [6, 6.07) is 1.80. The summed E-state index contributed by atoms with van der Waals surface area (Å²) >= 11 is 0. The molecule has 1 aliphatic rings. The molecule has 1 N–H and O–H groups in total. The highest BCUT2D eigenvalue weighted by atomic mass is 16.5. The Labute approximate surface area is 129 Å². The summed E-state index contributed by atoms with van der Waals surface area (Å²) in [6.07, 6.45) is 4.17. The molecule has 0 saturated carbocycles. The van der Waals surface area contributed by atoms with Crippen LogP contribution in [-0.4, -0.2) is 45.8 Å². The van der Waals surface area contributed by atoms with Gasteiger partial charge in [0.15, 0.2) is 0 Å². The van der Waals surface area contributed by atoms with Gasteiger partial charge in [0.1, 0.15) is 0 Å². The number of nitrogens with zero attached hydrogens (tertiary/aromatic N) is 3. The number of amides is 1. The third-order valence-corrected chi connectivity index (χ3v) is 4.95. The zero-order valence-electron chi connectivity index (χ0n) is 13.0. The molecule has 1 amide bonds. The summed E-state index contributed by atoms with van der Waals surface area (Å²) in [5.41, 5.74) is 1.73. The molecular formula is C16H21N3O3. The van der Waals surface area contributed by atoms with Gasteiger partial charge in [-0.25, -0.2) is 4.98 Å². The van der Waals surface area contributed by atoms with Crippen molar-refractivity contribution in [3.05, 3.63) is 23.5 Å². The van der Waals surface area contributed by atoms with Crippen molar-refractivity contribution < 1.29 is 14.4 Å². The number of pyridine rings is 1. The van der Waals surface area contributed by atoms with Crippen LogP contribution in [0.2, 0.25) is 0 Å². The van der Waals surface area contributed by atoms with Gasteiger partial charge < -0.3 is 14.5 Å². The molecule has 1 aliphatic heterocycles. The van der Waals surface area contributed by atoms with Crippen molar-refractivity contribution in [1.29, 1.82) is 0 Å². The largest absolute Gasteiger partial charge is 0.396 e. The van der Waals surface area contributed by atoms with E-state index in [0.29, 0.717) is 24.4 Å².